The Kier molecular flexibility index (Phi) is 5.24. The van der Waals surface area contributed by atoms with Crippen molar-refractivity contribution < 1.29 is 13.2 Å². The Morgan fingerprint density at radius 3 is 2.41 bits per heavy atom. The molecule has 0 aliphatic heterocycles. The predicted molar refractivity (Wildman–Crippen MR) is 86.2 cm³/mol. The maximum absolute atomic E-state index is 12.6. The molecule has 0 aromatic heterocycles. The normalized spacial score (nSPS) is 14.2. The zero-order valence-electron chi connectivity index (χ0n) is 13.5. The number of aryl methyl sites for hydroxylation is 2. The van der Waals surface area contributed by atoms with Crippen LogP contribution in [0.3, 0.4) is 0 Å². The molecular weight excluding hydrogens is 300 g/mol. The molecule has 6 heteroatoms. The third kappa shape index (κ3) is 3.33. The van der Waals surface area contributed by atoms with Gasteiger partial charge in [0.15, 0.2) is 0 Å². The van der Waals surface area contributed by atoms with E-state index in [9.17, 15) is 13.2 Å². The molecule has 122 valence electrons. The summed E-state index contributed by atoms with van der Waals surface area (Å²) >= 11 is 0. The van der Waals surface area contributed by atoms with Crippen LogP contribution in [0, 0.1) is 0 Å². The van der Waals surface area contributed by atoms with E-state index in [1.807, 2.05) is 19.9 Å². The van der Waals surface area contributed by atoms with Crippen molar-refractivity contribution in [2.45, 2.75) is 38.0 Å². The van der Waals surface area contributed by atoms with Gasteiger partial charge >= 0.3 is 0 Å². The smallest absolute Gasteiger partial charge is 0.243 e. The first-order valence-corrected chi connectivity index (χ1v) is 9.20. The summed E-state index contributed by atoms with van der Waals surface area (Å²) in [5, 5.41) is 0. The molecule has 0 radical (unpaired) electrons. The third-order valence-corrected chi connectivity index (χ3v) is 6.05. The van der Waals surface area contributed by atoms with Crippen molar-refractivity contribution in [3.63, 3.8) is 0 Å². The number of sulfonamides is 1. The highest BCUT2D eigenvalue weighted by molar-refractivity contribution is 7.89. The van der Waals surface area contributed by atoms with Gasteiger partial charge in [0.25, 0.3) is 0 Å². The summed E-state index contributed by atoms with van der Waals surface area (Å²) in [4.78, 5) is 14.0. The first kappa shape index (κ1) is 17.0. The lowest BCUT2D eigenvalue weighted by atomic mass is 10.1. The SMILES string of the molecule is CCN(CC)C(=O)CN(C)S(=O)(=O)c1ccc2c(c1)CCC2. The van der Waals surface area contributed by atoms with E-state index in [4.69, 9.17) is 0 Å². The van der Waals surface area contributed by atoms with E-state index in [2.05, 4.69) is 0 Å². The molecule has 1 aromatic rings. The molecule has 0 fully saturated rings. The van der Waals surface area contributed by atoms with Gasteiger partial charge in [0, 0.05) is 20.1 Å². The van der Waals surface area contributed by atoms with Crippen LogP contribution < -0.4 is 0 Å². The zero-order chi connectivity index (χ0) is 16.3. The Labute approximate surface area is 133 Å². The van der Waals surface area contributed by atoms with Crippen LogP contribution in [0.2, 0.25) is 0 Å². The summed E-state index contributed by atoms with van der Waals surface area (Å²) in [6, 6.07) is 5.31. The molecule has 0 N–H and O–H groups in total. The fourth-order valence-electron chi connectivity index (χ4n) is 2.84. The van der Waals surface area contributed by atoms with Gasteiger partial charge in [-0.1, -0.05) is 6.07 Å². The van der Waals surface area contributed by atoms with Crippen LogP contribution in [0.1, 0.15) is 31.4 Å². The van der Waals surface area contributed by atoms with Gasteiger partial charge in [0.2, 0.25) is 15.9 Å². The van der Waals surface area contributed by atoms with E-state index in [-0.39, 0.29) is 17.3 Å². The van der Waals surface area contributed by atoms with Crippen molar-refractivity contribution in [1.29, 1.82) is 0 Å². The summed E-state index contributed by atoms with van der Waals surface area (Å²) in [7, 11) is -2.16. The second kappa shape index (κ2) is 6.79. The van der Waals surface area contributed by atoms with Gasteiger partial charge in [-0.2, -0.15) is 4.31 Å². The molecule has 0 spiro atoms. The van der Waals surface area contributed by atoms with Crippen molar-refractivity contribution in [2.75, 3.05) is 26.7 Å². The molecule has 0 saturated carbocycles. The van der Waals surface area contributed by atoms with Crippen molar-refractivity contribution in [3.05, 3.63) is 29.3 Å². The second-order valence-corrected chi connectivity index (χ2v) is 7.66. The van der Waals surface area contributed by atoms with Crippen molar-refractivity contribution >= 4 is 15.9 Å². The number of hydrogen-bond acceptors (Lipinski definition) is 3. The van der Waals surface area contributed by atoms with E-state index < -0.39 is 10.0 Å². The Hall–Kier alpha value is -1.40. The van der Waals surface area contributed by atoms with E-state index in [0.29, 0.717) is 13.1 Å². The number of likely N-dealkylation sites (N-methyl/N-ethyl adjacent to an activating group) is 2. The monoisotopic (exact) mass is 324 g/mol. The lowest BCUT2D eigenvalue weighted by Gasteiger charge is -2.23. The average molecular weight is 324 g/mol. The highest BCUT2D eigenvalue weighted by atomic mass is 32.2. The van der Waals surface area contributed by atoms with E-state index in [1.54, 1.807) is 17.0 Å². The highest BCUT2D eigenvalue weighted by Crippen LogP contribution is 2.25. The second-order valence-electron chi connectivity index (χ2n) is 5.61. The van der Waals surface area contributed by atoms with Crippen molar-refractivity contribution in [3.8, 4) is 0 Å². The number of carbonyl (C=O) groups is 1. The lowest BCUT2D eigenvalue weighted by Crippen LogP contribution is -2.41. The lowest BCUT2D eigenvalue weighted by molar-refractivity contribution is -0.130. The molecule has 1 aliphatic carbocycles. The summed E-state index contributed by atoms with van der Waals surface area (Å²) in [6.07, 6.45) is 3.03. The predicted octanol–water partition coefficient (Wildman–Crippen LogP) is 1.66. The fraction of sp³-hybridized carbons (Fsp3) is 0.562. The summed E-state index contributed by atoms with van der Waals surface area (Å²) in [5.74, 6) is -0.169. The van der Waals surface area contributed by atoms with Gasteiger partial charge in [-0.15, -0.1) is 0 Å². The molecular formula is C16H24N2O3S. The number of carbonyl (C=O) groups excluding carboxylic acids is 1. The van der Waals surface area contributed by atoms with Crippen LogP contribution in [-0.2, 0) is 27.7 Å². The van der Waals surface area contributed by atoms with E-state index in [0.717, 1.165) is 29.1 Å². The number of hydrogen-bond donors (Lipinski definition) is 0. The minimum atomic E-state index is -3.62. The molecule has 22 heavy (non-hydrogen) atoms. The average Bonchev–Trinajstić information content (AvgIpc) is 2.95. The number of amides is 1. The van der Waals surface area contributed by atoms with Crippen molar-refractivity contribution in [1.82, 2.24) is 9.21 Å². The minimum absolute atomic E-state index is 0.124. The first-order chi connectivity index (χ1) is 10.4. The summed E-state index contributed by atoms with van der Waals surface area (Å²) in [5.41, 5.74) is 2.35. The molecule has 0 heterocycles. The maximum atomic E-state index is 12.6. The summed E-state index contributed by atoms with van der Waals surface area (Å²) < 4.78 is 26.4. The largest absolute Gasteiger partial charge is 0.342 e. The van der Waals surface area contributed by atoms with Crippen LogP contribution in [0.5, 0.6) is 0 Å². The number of fused-ring (bicyclic) bond motifs is 1. The maximum Gasteiger partial charge on any atom is 0.243 e. The Bertz CT molecular complexity index is 651. The molecule has 0 bridgehead atoms. The fourth-order valence-corrected chi connectivity index (χ4v) is 4.01. The van der Waals surface area contributed by atoms with Crippen molar-refractivity contribution in [2.24, 2.45) is 0 Å². The molecule has 0 unspecified atom stereocenters. The number of benzene rings is 1. The molecule has 1 aliphatic rings. The highest BCUT2D eigenvalue weighted by Gasteiger charge is 2.25. The van der Waals surface area contributed by atoms with Gasteiger partial charge in [0.1, 0.15) is 0 Å². The zero-order valence-corrected chi connectivity index (χ0v) is 14.3. The van der Waals surface area contributed by atoms with Crippen LogP contribution >= 0.6 is 0 Å². The molecule has 0 atom stereocenters. The van der Waals surface area contributed by atoms with Crippen LogP contribution in [-0.4, -0.2) is 50.2 Å². The van der Waals surface area contributed by atoms with Gasteiger partial charge in [-0.05, 0) is 56.4 Å². The first-order valence-electron chi connectivity index (χ1n) is 7.76. The van der Waals surface area contributed by atoms with Crippen LogP contribution in [0.25, 0.3) is 0 Å². The van der Waals surface area contributed by atoms with Gasteiger partial charge in [0.05, 0.1) is 11.4 Å². The Morgan fingerprint density at radius 2 is 1.77 bits per heavy atom. The van der Waals surface area contributed by atoms with Crippen LogP contribution in [0.4, 0.5) is 0 Å². The molecule has 0 saturated heterocycles. The standard InChI is InChI=1S/C16H24N2O3S/c1-4-18(5-2)16(19)12-17(3)22(20,21)15-10-9-13-7-6-8-14(13)11-15/h9-11H,4-8,12H2,1-3H3. The van der Waals surface area contributed by atoms with E-state index in [1.165, 1.54) is 12.6 Å². The van der Waals surface area contributed by atoms with Gasteiger partial charge in [-0.3, -0.25) is 4.79 Å². The van der Waals surface area contributed by atoms with Crippen LogP contribution in [0.15, 0.2) is 23.1 Å². The summed E-state index contributed by atoms with van der Waals surface area (Å²) in [6.45, 7) is 4.82. The minimum Gasteiger partial charge on any atom is -0.342 e. The quantitative estimate of drug-likeness (QED) is 0.800. The van der Waals surface area contributed by atoms with E-state index >= 15 is 0 Å². The molecule has 1 aromatic carbocycles. The third-order valence-electron chi connectivity index (χ3n) is 4.25. The molecule has 2 rings (SSSR count). The number of nitrogens with zero attached hydrogens (tertiary/aromatic N) is 2. The molecule has 5 nitrogen and oxygen atoms in total. The topological polar surface area (TPSA) is 57.7 Å². The van der Waals surface area contributed by atoms with Gasteiger partial charge in [-0.25, -0.2) is 8.42 Å². The Balaban J connectivity index is 2.17. The molecule has 1 amide bonds. The number of rotatable bonds is 6. The van der Waals surface area contributed by atoms with Gasteiger partial charge < -0.3 is 4.90 Å². The Morgan fingerprint density at radius 1 is 1.14 bits per heavy atom.